The fourth-order valence-electron chi connectivity index (χ4n) is 2.98. The number of hydrogen-bond donors (Lipinski definition) is 1. The number of amides is 2. The molecule has 3 rings (SSSR count). The van der Waals surface area contributed by atoms with Crippen molar-refractivity contribution in [2.45, 2.75) is 6.42 Å². The number of nitrogens with one attached hydrogen (secondary N) is 1. The van der Waals surface area contributed by atoms with Crippen LogP contribution < -0.4 is 10.2 Å². The summed E-state index contributed by atoms with van der Waals surface area (Å²) >= 11 is 0. The Labute approximate surface area is 135 Å². The van der Waals surface area contributed by atoms with E-state index >= 15 is 0 Å². The number of benzene rings is 2. The van der Waals surface area contributed by atoms with Crippen LogP contribution in [0.15, 0.2) is 42.5 Å². The van der Waals surface area contributed by atoms with Gasteiger partial charge in [0.2, 0.25) is 11.8 Å². The first kappa shape index (κ1) is 15.5. The average molecular weight is 312 g/mol. The maximum absolute atomic E-state index is 12.4. The number of carbonyl (C=O) groups is 2. The first-order valence-electron chi connectivity index (χ1n) is 7.75. The third kappa shape index (κ3) is 3.19. The Bertz CT molecular complexity index is 724. The summed E-state index contributed by atoms with van der Waals surface area (Å²) in [5.41, 5.74) is 0.875. The summed E-state index contributed by atoms with van der Waals surface area (Å²) in [5.74, 6) is -0.398. The Hall–Kier alpha value is -2.40. The molecule has 120 valence electrons. The predicted molar refractivity (Wildman–Crippen MR) is 89.3 cm³/mol. The minimum atomic E-state index is -0.307. The number of rotatable bonds is 5. The van der Waals surface area contributed by atoms with Gasteiger partial charge in [0, 0.05) is 32.0 Å². The van der Waals surface area contributed by atoms with Crippen molar-refractivity contribution in [1.29, 1.82) is 0 Å². The van der Waals surface area contributed by atoms with Gasteiger partial charge in [-0.1, -0.05) is 36.4 Å². The molecule has 0 radical (unpaired) electrons. The van der Waals surface area contributed by atoms with E-state index in [2.05, 4.69) is 5.32 Å². The molecule has 5 heteroatoms. The van der Waals surface area contributed by atoms with Crippen molar-refractivity contribution < 1.29 is 14.3 Å². The normalized spacial score (nSPS) is 17.7. The van der Waals surface area contributed by atoms with Gasteiger partial charge in [-0.15, -0.1) is 0 Å². The molecule has 0 spiro atoms. The molecule has 0 saturated carbocycles. The second kappa shape index (κ2) is 6.79. The van der Waals surface area contributed by atoms with Crippen LogP contribution in [-0.2, 0) is 14.3 Å². The number of nitrogens with zero attached hydrogens (tertiary/aromatic N) is 1. The second-order valence-electron chi connectivity index (χ2n) is 5.69. The predicted octanol–water partition coefficient (Wildman–Crippen LogP) is 1.96. The van der Waals surface area contributed by atoms with Gasteiger partial charge >= 0.3 is 0 Å². The van der Waals surface area contributed by atoms with E-state index in [4.69, 9.17) is 4.74 Å². The zero-order chi connectivity index (χ0) is 16.2. The fourth-order valence-corrected chi connectivity index (χ4v) is 2.98. The highest BCUT2D eigenvalue weighted by molar-refractivity contribution is 6.06. The molecule has 1 aliphatic heterocycles. The molecule has 1 fully saturated rings. The molecule has 23 heavy (non-hydrogen) atoms. The lowest BCUT2D eigenvalue weighted by Gasteiger charge is -2.19. The van der Waals surface area contributed by atoms with Crippen molar-refractivity contribution in [2.75, 3.05) is 31.7 Å². The van der Waals surface area contributed by atoms with Crippen LogP contribution in [0, 0.1) is 5.92 Å². The van der Waals surface area contributed by atoms with Gasteiger partial charge in [-0.25, -0.2) is 0 Å². The van der Waals surface area contributed by atoms with Crippen molar-refractivity contribution in [3.05, 3.63) is 42.5 Å². The molecule has 0 aliphatic carbocycles. The highest BCUT2D eigenvalue weighted by Crippen LogP contribution is 2.31. The summed E-state index contributed by atoms with van der Waals surface area (Å²) in [7, 11) is 1.59. The SMILES string of the molecule is COCCNC(=O)[C@@H]1CC(=O)N(c2cccc3ccccc23)C1. The van der Waals surface area contributed by atoms with Crippen molar-refractivity contribution in [3.63, 3.8) is 0 Å². The van der Waals surface area contributed by atoms with Crippen LogP contribution in [0.3, 0.4) is 0 Å². The molecule has 5 nitrogen and oxygen atoms in total. The van der Waals surface area contributed by atoms with Crippen LogP contribution in [0.4, 0.5) is 5.69 Å². The number of methoxy groups -OCH3 is 1. The Morgan fingerprint density at radius 3 is 2.87 bits per heavy atom. The van der Waals surface area contributed by atoms with Crippen LogP contribution in [0.2, 0.25) is 0 Å². The van der Waals surface area contributed by atoms with Gasteiger partial charge in [0.1, 0.15) is 0 Å². The largest absolute Gasteiger partial charge is 0.383 e. The molecule has 1 atom stereocenters. The Kier molecular flexibility index (Phi) is 4.57. The van der Waals surface area contributed by atoms with Gasteiger partial charge in [-0.2, -0.15) is 0 Å². The van der Waals surface area contributed by atoms with Crippen LogP contribution in [-0.4, -0.2) is 38.6 Å². The third-order valence-corrected chi connectivity index (χ3v) is 4.16. The lowest BCUT2D eigenvalue weighted by Crippen LogP contribution is -2.34. The van der Waals surface area contributed by atoms with E-state index < -0.39 is 0 Å². The first-order chi connectivity index (χ1) is 11.2. The number of anilines is 1. The summed E-state index contributed by atoms with van der Waals surface area (Å²) in [6.07, 6.45) is 0.252. The van der Waals surface area contributed by atoms with E-state index in [9.17, 15) is 9.59 Å². The van der Waals surface area contributed by atoms with E-state index in [1.165, 1.54) is 0 Å². The lowest BCUT2D eigenvalue weighted by molar-refractivity contribution is -0.126. The summed E-state index contributed by atoms with van der Waals surface area (Å²) in [4.78, 5) is 26.3. The average Bonchev–Trinajstić information content (AvgIpc) is 2.96. The van der Waals surface area contributed by atoms with Gasteiger partial charge in [0.15, 0.2) is 0 Å². The molecule has 1 N–H and O–H groups in total. The zero-order valence-corrected chi connectivity index (χ0v) is 13.1. The zero-order valence-electron chi connectivity index (χ0n) is 13.1. The summed E-state index contributed by atoms with van der Waals surface area (Å²) in [5, 5.41) is 4.93. The van der Waals surface area contributed by atoms with Gasteiger partial charge in [0.05, 0.1) is 18.2 Å². The second-order valence-corrected chi connectivity index (χ2v) is 5.69. The lowest BCUT2D eigenvalue weighted by atomic mass is 10.1. The minimum absolute atomic E-state index is 0.00626. The molecule has 2 aromatic carbocycles. The third-order valence-electron chi connectivity index (χ3n) is 4.16. The van der Waals surface area contributed by atoms with E-state index in [0.717, 1.165) is 16.5 Å². The monoisotopic (exact) mass is 312 g/mol. The molecule has 0 aromatic heterocycles. The van der Waals surface area contributed by atoms with Gasteiger partial charge in [-0.3, -0.25) is 9.59 Å². The van der Waals surface area contributed by atoms with Crippen molar-refractivity contribution >= 4 is 28.3 Å². The number of hydrogen-bond acceptors (Lipinski definition) is 3. The first-order valence-corrected chi connectivity index (χ1v) is 7.75. The fraction of sp³-hybridized carbons (Fsp3) is 0.333. The van der Waals surface area contributed by atoms with E-state index in [1.54, 1.807) is 12.0 Å². The molecule has 1 saturated heterocycles. The van der Waals surface area contributed by atoms with Crippen LogP contribution in [0.5, 0.6) is 0 Å². The Morgan fingerprint density at radius 2 is 2.04 bits per heavy atom. The summed E-state index contributed by atoms with van der Waals surface area (Å²) < 4.78 is 4.92. The number of carbonyl (C=O) groups excluding carboxylic acids is 2. The molecule has 2 aromatic rings. The van der Waals surface area contributed by atoms with Gasteiger partial charge in [0.25, 0.3) is 0 Å². The Balaban J connectivity index is 1.78. The van der Waals surface area contributed by atoms with E-state index in [-0.39, 0.29) is 24.2 Å². The van der Waals surface area contributed by atoms with Crippen LogP contribution in [0.1, 0.15) is 6.42 Å². The highest BCUT2D eigenvalue weighted by Gasteiger charge is 2.35. The minimum Gasteiger partial charge on any atom is -0.383 e. The molecule has 1 aliphatic rings. The molecular weight excluding hydrogens is 292 g/mol. The Morgan fingerprint density at radius 1 is 1.26 bits per heavy atom. The molecular formula is C18H20N2O3. The van der Waals surface area contributed by atoms with Crippen molar-refractivity contribution in [2.24, 2.45) is 5.92 Å². The van der Waals surface area contributed by atoms with Crippen LogP contribution in [0.25, 0.3) is 10.8 Å². The maximum atomic E-state index is 12.4. The molecule has 0 bridgehead atoms. The smallest absolute Gasteiger partial charge is 0.227 e. The maximum Gasteiger partial charge on any atom is 0.227 e. The summed E-state index contributed by atoms with van der Waals surface area (Å²) in [6.45, 7) is 1.36. The summed E-state index contributed by atoms with van der Waals surface area (Å²) in [6, 6.07) is 13.9. The number of ether oxygens (including phenoxy) is 1. The molecule has 2 amide bonds. The van der Waals surface area contributed by atoms with E-state index in [1.807, 2.05) is 42.5 Å². The van der Waals surface area contributed by atoms with Crippen molar-refractivity contribution in [1.82, 2.24) is 5.32 Å². The highest BCUT2D eigenvalue weighted by atomic mass is 16.5. The van der Waals surface area contributed by atoms with Crippen LogP contribution >= 0.6 is 0 Å². The van der Waals surface area contributed by atoms with Gasteiger partial charge < -0.3 is 15.0 Å². The quantitative estimate of drug-likeness (QED) is 0.859. The topological polar surface area (TPSA) is 58.6 Å². The molecule has 1 heterocycles. The van der Waals surface area contributed by atoms with Gasteiger partial charge in [-0.05, 0) is 11.5 Å². The molecule has 0 unspecified atom stereocenters. The standard InChI is InChI=1S/C18H20N2O3/c1-23-10-9-19-18(22)14-11-17(21)20(12-14)16-8-4-6-13-5-2-3-7-15(13)16/h2-8,14H,9-12H2,1H3,(H,19,22)/t14-/m1/s1. The van der Waals surface area contributed by atoms with Crippen molar-refractivity contribution in [3.8, 4) is 0 Å². The number of fused-ring (bicyclic) bond motifs is 1. The van der Waals surface area contributed by atoms with E-state index in [0.29, 0.717) is 19.7 Å².